The minimum atomic E-state index is -0.249. The summed E-state index contributed by atoms with van der Waals surface area (Å²) in [6, 6.07) is 20.9. The molecule has 3 aromatic rings. The molecule has 162 valence electrons. The molecule has 0 aliphatic rings. The Bertz CT molecular complexity index is 994. The topological polar surface area (TPSA) is 68.8 Å². The van der Waals surface area contributed by atoms with Gasteiger partial charge in [-0.3, -0.25) is 4.79 Å². The third-order valence-corrected chi connectivity index (χ3v) is 4.95. The van der Waals surface area contributed by atoms with Crippen molar-refractivity contribution in [2.24, 2.45) is 0 Å². The van der Waals surface area contributed by atoms with Crippen LogP contribution in [0, 0.1) is 0 Å². The maximum atomic E-state index is 12.2. The molecule has 0 aliphatic heterocycles. The highest BCUT2D eigenvalue weighted by molar-refractivity contribution is 9.10. The first kappa shape index (κ1) is 22.5. The zero-order valence-corrected chi connectivity index (χ0v) is 19.1. The summed E-state index contributed by atoms with van der Waals surface area (Å²) in [5, 5.41) is 6.16. The van der Waals surface area contributed by atoms with E-state index in [2.05, 4.69) is 26.6 Å². The van der Waals surface area contributed by atoms with Crippen molar-refractivity contribution in [2.45, 2.75) is 13.5 Å². The highest BCUT2D eigenvalue weighted by Gasteiger charge is 2.14. The van der Waals surface area contributed by atoms with Gasteiger partial charge in [0.15, 0.2) is 18.1 Å². The van der Waals surface area contributed by atoms with E-state index in [0.717, 1.165) is 22.7 Å². The summed E-state index contributed by atoms with van der Waals surface area (Å²) >= 11 is 3.53. The summed E-state index contributed by atoms with van der Waals surface area (Å²) in [5.74, 6) is 1.62. The van der Waals surface area contributed by atoms with Crippen molar-refractivity contribution in [3.05, 3.63) is 76.8 Å². The van der Waals surface area contributed by atoms with Gasteiger partial charge in [0.05, 0.1) is 18.2 Å². The monoisotopic (exact) mass is 484 g/mol. The molecule has 2 N–H and O–H groups in total. The molecule has 0 aromatic heterocycles. The second kappa shape index (κ2) is 11.3. The third kappa shape index (κ3) is 6.65. The zero-order valence-electron chi connectivity index (χ0n) is 17.5. The maximum absolute atomic E-state index is 12.2. The number of ether oxygens (including phenoxy) is 3. The molecule has 0 saturated heterocycles. The lowest BCUT2D eigenvalue weighted by atomic mass is 10.2. The lowest BCUT2D eigenvalue weighted by Gasteiger charge is -2.15. The average molecular weight is 485 g/mol. The summed E-state index contributed by atoms with van der Waals surface area (Å²) in [4.78, 5) is 12.2. The van der Waals surface area contributed by atoms with Crippen LogP contribution in [0.25, 0.3) is 0 Å². The highest BCUT2D eigenvalue weighted by atomic mass is 79.9. The van der Waals surface area contributed by atoms with Crippen LogP contribution in [0.3, 0.4) is 0 Å². The second-order valence-electron chi connectivity index (χ2n) is 6.62. The summed E-state index contributed by atoms with van der Waals surface area (Å²) in [6.07, 6.45) is 0. The van der Waals surface area contributed by atoms with Crippen LogP contribution in [0.4, 0.5) is 11.4 Å². The molecular formula is C24H25BrN2O4. The van der Waals surface area contributed by atoms with Crippen molar-refractivity contribution < 1.29 is 19.0 Å². The molecule has 31 heavy (non-hydrogen) atoms. The standard InChI is InChI=1S/C24H25BrN2O4/c1-3-30-20-11-9-18(10-12-20)26-15-17-13-21(25)24(22(14-17)29-2)31-16-23(28)27-19-7-5-4-6-8-19/h4-14,26H,3,15-16H2,1-2H3,(H,27,28). The summed E-state index contributed by atoms with van der Waals surface area (Å²) in [7, 11) is 1.57. The van der Waals surface area contributed by atoms with E-state index >= 15 is 0 Å². The fourth-order valence-electron chi connectivity index (χ4n) is 2.91. The smallest absolute Gasteiger partial charge is 0.262 e. The minimum absolute atomic E-state index is 0.131. The SMILES string of the molecule is CCOc1ccc(NCc2cc(Br)c(OCC(=O)Nc3ccccc3)c(OC)c2)cc1. The van der Waals surface area contributed by atoms with Gasteiger partial charge in [-0.25, -0.2) is 0 Å². The first-order valence-corrected chi connectivity index (χ1v) is 10.7. The lowest BCUT2D eigenvalue weighted by molar-refractivity contribution is -0.118. The molecule has 0 saturated carbocycles. The Labute approximate surface area is 190 Å². The minimum Gasteiger partial charge on any atom is -0.494 e. The third-order valence-electron chi connectivity index (χ3n) is 4.36. The zero-order chi connectivity index (χ0) is 22.1. The van der Waals surface area contributed by atoms with Crippen LogP contribution in [-0.4, -0.2) is 26.2 Å². The molecule has 0 unspecified atom stereocenters. The van der Waals surface area contributed by atoms with Crippen molar-refractivity contribution in [1.29, 1.82) is 0 Å². The Balaban J connectivity index is 1.60. The van der Waals surface area contributed by atoms with Gasteiger partial charge in [-0.05, 0) is 76.9 Å². The fraction of sp³-hybridized carbons (Fsp3) is 0.208. The normalized spacial score (nSPS) is 10.3. The number of amides is 1. The molecular weight excluding hydrogens is 460 g/mol. The summed E-state index contributed by atoms with van der Waals surface area (Å²) in [5.41, 5.74) is 2.70. The number of nitrogens with one attached hydrogen (secondary N) is 2. The van der Waals surface area contributed by atoms with Crippen molar-refractivity contribution >= 4 is 33.2 Å². The van der Waals surface area contributed by atoms with Gasteiger partial charge < -0.3 is 24.8 Å². The molecule has 3 aromatic carbocycles. The number of benzene rings is 3. The van der Waals surface area contributed by atoms with Gasteiger partial charge in [0.25, 0.3) is 5.91 Å². The predicted octanol–water partition coefficient (Wildman–Crippen LogP) is 5.49. The Morgan fingerprint density at radius 3 is 2.39 bits per heavy atom. The molecule has 0 radical (unpaired) electrons. The van der Waals surface area contributed by atoms with Crippen molar-refractivity contribution in [3.63, 3.8) is 0 Å². The molecule has 0 bridgehead atoms. The quantitative estimate of drug-likeness (QED) is 0.398. The van der Waals surface area contributed by atoms with Gasteiger partial charge in [-0.15, -0.1) is 0 Å². The van der Waals surface area contributed by atoms with Gasteiger partial charge in [-0.2, -0.15) is 0 Å². The van der Waals surface area contributed by atoms with E-state index in [4.69, 9.17) is 14.2 Å². The van der Waals surface area contributed by atoms with Crippen molar-refractivity contribution in [1.82, 2.24) is 0 Å². The molecule has 0 aliphatic carbocycles. The molecule has 0 spiro atoms. The van der Waals surface area contributed by atoms with E-state index < -0.39 is 0 Å². The number of methoxy groups -OCH3 is 1. The van der Waals surface area contributed by atoms with Gasteiger partial charge >= 0.3 is 0 Å². The van der Waals surface area contributed by atoms with Crippen LogP contribution in [0.5, 0.6) is 17.2 Å². The lowest BCUT2D eigenvalue weighted by Crippen LogP contribution is -2.20. The first-order valence-electron chi connectivity index (χ1n) is 9.90. The van der Waals surface area contributed by atoms with Crippen LogP contribution in [0.15, 0.2) is 71.2 Å². The largest absolute Gasteiger partial charge is 0.494 e. The molecule has 7 heteroatoms. The number of rotatable bonds is 10. The van der Waals surface area contributed by atoms with Gasteiger partial charge in [0.2, 0.25) is 0 Å². The molecule has 6 nitrogen and oxygen atoms in total. The first-order chi connectivity index (χ1) is 15.1. The number of halogens is 1. The molecule has 0 heterocycles. The molecule has 0 fully saturated rings. The molecule has 0 atom stereocenters. The van der Waals surface area contributed by atoms with E-state index in [-0.39, 0.29) is 12.5 Å². The van der Waals surface area contributed by atoms with E-state index in [9.17, 15) is 4.79 Å². The van der Waals surface area contributed by atoms with Crippen molar-refractivity contribution in [2.75, 3.05) is 31.0 Å². The van der Waals surface area contributed by atoms with Crippen LogP contribution in [0.1, 0.15) is 12.5 Å². The van der Waals surface area contributed by atoms with Crippen LogP contribution >= 0.6 is 15.9 Å². The van der Waals surface area contributed by atoms with Crippen LogP contribution in [-0.2, 0) is 11.3 Å². The van der Waals surface area contributed by atoms with Crippen molar-refractivity contribution in [3.8, 4) is 17.2 Å². The predicted molar refractivity (Wildman–Crippen MR) is 126 cm³/mol. The Hall–Kier alpha value is -3.19. The Morgan fingerprint density at radius 2 is 1.71 bits per heavy atom. The number of carbonyl (C=O) groups excluding carboxylic acids is 1. The highest BCUT2D eigenvalue weighted by Crippen LogP contribution is 2.37. The summed E-state index contributed by atoms with van der Waals surface area (Å²) in [6.45, 7) is 3.06. The Morgan fingerprint density at radius 1 is 0.968 bits per heavy atom. The molecule has 3 rings (SSSR count). The Kier molecular flexibility index (Phi) is 8.18. The fourth-order valence-corrected chi connectivity index (χ4v) is 3.52. The number of hydrogen-bond donors (Lipinski definition) is 2. The van der Waals surface area contributed by atoms with Gasteiger partial charge in [0.1, 0.15) is 5.75 Å². The van der Waals surface area contributed by atoms with E-state index in [1.165, 1.54) is 0 Å². The maximum Gasteiger partial charge on any atom is 0.262 e. The summed E-state index contributed by atoms with van der Waals surface area (Å²) < 4.78 is 17.4. The number of carbonyl (C=O) groups is 1. The number of para-hydroxylation sites is 1. The average Bonchev–Trinajstić information content (AvgIpc) is 2.78. The van der Waals surface area contributed by atoms with Gasteiger partial charge in [0, 0.05) is 17.9 Å². The van der Waals surface area contributed by atoms with E-state index in [1.807, 2.05) is 73.7 Å². The molecule has 1 amide bonds. The van der Waals surface area contributed by atoms with E-state index in [1.54, 1.807) is 7.11 Å². The number of anilines is 2. The van der Waals surface area contributed by atoms with Crippen LogP contribution < -0.4 is 24.8 Å². The van der Waals surface area contributed by atoms with Crippen LogP contribution in [0.2, 0.25) is 0 Å². The second-order valence-corrected chi connectivity index (χ2v) is 7.48. The van der Waals surface area contributed by atoms with E-state index in [0.29, 0.717) is 29.1 Å². The number of hydrogen-bond acceptors (Lipinski definition) is 5. The van der Waals surface area contributed by atoms with Gasteiger partial charge in [-0.1, -0.05) is 18.2 Å².